The lowest BCUT2D eigenvalue weighted by Gasteiger charge is -2.38. The molecule has 0 saturated carbocycles. The summed E-state index contributed by atoms with van der Waals surface area (Å²) in [7, 11) is 0. The fraction of sp³-hybridized carbons (Fsp3) is 0.158. The number of fused-ring (bicyclic) bond motifs is 1. The predicted octanol–water partition coefficient (Wildman–Crippen LogP) is 2.67. The van der Waals surface area contributed by atoms with E-state index in [1.807, 2.05) is 0 Å². The summed E-state index contributed by atoms with van der Waals surface area (Å²) in [5, 5.41) is 2.25. The highest BCUT2D eigenvalue weighted by molar-refractivity contribution is 6.09. The topological polar surface area (TPSA) is 93.4 Å². The third-order valence-corrected chi connectivity index (χ3v) is 4.87. The molecule has 0 saturated heterocycles. The van der Waals surface area contributed by atoms with Gasteiger partial charge in [0.1, 0.15) is 23.0 Å². The molecule has 14 heteroatoms. The van der Waals surface area contributed by atoms with Crippen LogP contribution in [0.15, 0.2) is 63.4 Å². The van der Waals surface area contributed by atoms with Gasteiger partial charge in [0.15, 0.2) is 12.4 Å². The van der Waals surface area contributed by atoms with Crippen molar-refractivity contribution in [2.75, 3.05) is 5.32 Å². The van der Waals surface area contributed by atoms with Crippen LogP contribution in [0.1, 0.15) is 11.1 Å². The summed E-state index contributed by atoms with van der Waals surface area (Å²) in [4.78, 5) is 31.9. The second-order valence-electron chi connectivity index (χ2n) is 6.88. The van der Waals surface area contributed by atoms with E-state index in [9.17, 15) is 40.3 Å². The number of anilines is 1. The first kappa shape index (κ1) is 22.2. The maximum atomic E-state index is 14.2. The quantitative estimate of drug-likeness (QED) is 0.560. The average molecular weight is 474 g/mol. The van der Waals surface area contributed by atoms with Crippen molar-refractivity contribution in [3.63, 3.8) is 0 Å². The van der Waals surface area contributed by atoms with Crippen molar-refractivity contribution in [2.45, 2.75) is 17.9 Å². The number of rotatable bonds is 2. The van der Waals surface area contributed by atoms with Crippen LogP contribution < -0.4 is 21.5 Å². The lowest BCUT2D eigenvalue weighted by Crippen LogP contribution is -2.59. The van der Waals surface area contributed by atoms with Gasteiger partial charge in [0.2, 0.25) is 0 Å². The Bertz CT molecular complexity index is 1340. The van der Waals surface area contributed by atoms with Crippen LogP contribution in [-0.2, 0) is 5.54 Å². The zero-order valence-corrected chi connectivity index (χ0v) is 16.0. The lowest BCUT2D eigenvalue weighted by atomic mass is 9.87. The van der Waals surface area contributed by atoms with Crippen molar-refractivity contribution in [1.82, 2.24) is 9.55 Å². The van der Waals surface area contributed by atoms with E-state index in [1.54, 1.807) is 0 Å². The van der Waals surface area contributed by atoms with E-state index in [4.69, 9.17) is 0 Å². The van der Waals surface area contributed by atoms with Crippen molar-refractivity contribution in [3.05, 3.63) is 86.6 Å². The Morgan fingerprint density at radius 3 is 2.15 bits per heavy atom. The van der Waals surface area contributed by atoms with Crippen molar-refractivity contribution in [2.24, 2.45) is 4.99 Å². The molecule has 7 nitrogen and oxygen atoms in total. The first-order valence-corrected chi connectivity index (χ1v) is 8.99. The van der Waals surface area contributed by atoms with Gasteiger partial charge in [-0.1, -0.05) is 0 Å². The van der Waals surface area contributed by atoms with E-state index in [2.05, 4.69) is 15.3 Å². The van der Waals surface area contributed by atoms with Crippen LogP contribution in [0.5, 0.6) is 0 Å². The van der Waals surface area contributed by atoms with Gasteiger partial charge in [-0.3, -0.25) is 9.78 Å². The molecule has 3 heterocycles. The van der Waals surface area contributed by atoms with Gasteiger partial charge in [0.25, 0.3) is 11.1 Å². The summed E-state index contributed by atoms with van der Waals surface area (Å²) in [5.41, 5.74) is -10.7. The fourth-order valence-electron chi connectivity index (χ4n) is 3.44. The number of nitrogens with zero attached hydrogens (tertiary/aromatic N) is 2. The summed E-state index contributed by atoms with van der Waals surface area (Å²) < 4.78 is 98.8. The molecule has 0 atom stereocenters. The normalized spacial score (nSPS) is 15.4. The van der Waals surface area contributed by atoms with Gasteiger partial charge in [-0.05, 0) is 30.3 Å². The zero-order chi connectivity index (χ0) is 24.2. The number of amidine groups is 1. The summed E-state index contributed by atoms with van der Waals surface area (Å²) in [6.07, 6.45) is -9.85. The lowest BCUT2D eigenvalue weighted by molar-refractivity contribution is -0.378. The zero-order valence-electron chi connectivity index (χ0n) is 16.0. The van der Waals surface area contributed by atoms with Gasteiger partial charge in [-0.2, -0.15) is 26.3 Å². The number of aromatic amines is 2. The van der Waals surface area contributed by atoms with Crippen LogP contribution in [-0.4, -0.2) is 27.7 Å². The number of aromatic nitrogens is 3. The molecule has 0 unspecified atom stereocenters. The highest BCUT2D eigenvalue weighted by Crippen LogP contribution is 2.55. The van der Waals surface area contributed by atoms with Crippen molar-refractivity contribution >= 4 is 11.7 Å². The molecule has 0 spiro atoms. The smallest absolute Gasteiger partial charge is 0.325 e. The minimum atomic E-state index is -6.14. The summed E-state index contributed by atoms with van der Waals surface area (Å²) in [6, 6.07) is 6.03. The molecule has 1 aliphatic heterocycles. The van der Waals surface area contributed by atoms with Crippen LogP contribution in [0.25, 0.3) is 5.69 Å². The van der Waals surface area contributed by atoms with Gasteiger partial charge in [0.05, 0.1) is 11.3 Å². The summed E-state index contributed by atoms with van der Waals surface area (Å²) >= 11 is 0. The standard InChI is InChI=1S/C19H10F7N5O2/c20-10-3-5-11(6-4-10)31-14-12(15(32)29-16(31)33)17(18(21,22)23,19(24,25)26)30-13(28-14)9-2-1-7-27-8-9/h1-8H,(H,28,30)(H,29,32,33)/p+1. The largest absolute Gasteiger partial charge is 0.427 e. The molecular formula is C19H11F7N5O2+. The Morgan fingerprint density at radius 1 is 0.970 bits per heavy atom. The van der Waals surface area contributed by atoms with Crippen LogP contribution in [0.3, 0.4) is 0 Å². The number of aliphatic imine (C=N–C) groups is 1. The number of pyridine rings is 1. The Morgan fingerprint density at radius 2 is 1.61 bits per heavy atom. The van der Waals surface area contributed by atoms with Gasteiger partial charge >= 0.3 is 18.0 Å². The number of alkyl halides is 6. The third kappa shape index (κ3) is 3.37. The summed E-state index contributed by atoms with van der Waals surface area (Å²) in [6.45, 7) is 0. The molecule has 3 aromatic rings. The highest BCUT2D eigenvalue weighted by atomic mass is 19.4. The first-order chi connectivity index (χ1) is 15.4. The van der Waals surface area contributed by atoms with E-state index in [-0.39, 0.29) is 11.3 Å². The second-order valence-corrected chi connectivity index (χ2v) is 6.88. The van der Waals surface area contributed by atoms with Gasteiger partial charge < -0.3 is 5.32 Å². The molecular weight excluding hydrogens is 463 g/mol. The van der Waals surface area contributed by atoms with E-state index in [1.165, 1.54) is 23.3 Å². The Labute approximate surface area is 178 Å². The number of H-pyrrole nitrogens is 2. The molecule has 4 rings (SSSR count). The molecule has 0 aliphatic carbocycles. The maximum Gasteiger partial charge on any atom is 0.427 e. The van der Waals surface area contributed by atoms with Crippen molar-refractivity contribution in [3.8, 4) is 5.69 Å². The molecule has 0 radical (unpaired) electrons. The van der Waals surface area contributed by atoms with Crippen molar-refractivity contribution in [1.29, 1.82) is 0 Å². The van der Waals surface area contributed by atoms with Gasteiger partial charge in [-0.25, -0.2) is 23.7 Å². The number of hydrogen-bond acceptors (Lipinski definition) is 4. The van der Waals surface area contributed by atoms with E-state index >= 15 is 0 Å². The number of nitrogens with one attached hydrogen (secondary N) is 3. The van der Waals surface area contributed by atoms with Crippen molar-refractivity contribution < 1.29 is 35.7 Å². The molecule has 0 bridgehead atoms. The molecule has 3 N–H and O–H groups in total. The van der Waals surface area contributed by atoms with Gasteiger partial charge in [-0.15, -0.1) is 0 Å². The van der Waals surface area contributed by atoms with Gasteiger partial charge in [0, 0.05) is 6.07 Å². The average Bonchev–Trinajstić information content (AvgIpc) is 2.73. The number of hydrogen-bond donors (Lipinski definition) is 2. The van der Waals surface area contributed by atoms with Crippen LogP contribution in [0, 0.1) is 5.82 Å². The maximum absolute atomic E-state index is 14.2. The molecule has 1 aliphatic rings. The first-order valence-electron chi connectivity index (χ1n) is 8.99. The SMILES string of the molecule is O=c1[nH]c(=O)n(-c2ccc(F)cc2)c2c1C(C(F)(F)F)(C(F)(F)F)N=C(c1ccc[nH+]c1)N2. The van der Waals surface area contributed by atoms with Crippen LogP contribution in [0.2, 0.25) is 0 Å². The Kier molecular flexibility index (Phi) is 4.91. The van der Waals surface area contributed by atoms with E-state index < -0.39 is 52.2 Å². The highest BCUT2D eigenvalue weighted by Gasteiger charge is 2.75. The molecule has 0 fully saturated rings. The monoisotopic (exact) mass is 474 g/mol. The number of halogens is 7. The minimum absolute atomic E-state index is 0.223. The summed E-state index contributed by atoms with van der Waals surface area (Å²) in [5.74, 6) is -2.80. The second kappa shape index (κ2) is 7.28. The molecule has 33 heavy (non-hydrogen) atoms. The minimum Gasteiger partial charge on any atom is -0.325 e. The fourth-order valence-corrected chi connectivity index (χ4v) is 3.44. The van der Waals surface area contributed by atoms with E-state index in [0.717, 1.165) is 30.5 Å². The number of benzene rings is 1. The Hall–Kier alpha value is -3.97. The van der Waals surface area contributed by atoms with Crippen LogP contribution in [0.4, 0.5) is 36.6 Å². The molecule has 1 aromatic carbocycles. The third-order valence-electron chi connectivity index (χ3n) is 4.87. The predicted molar refractivity (Wildman–Crippen MR) is 99.6 cm³/mol. The molecule has 172 valence electrons. The van der Waals surface area contributed by atoms with Crippen LogP contribution >= 0.6 is 0 Å². The van der Waals surface area contributed by atoms with E-state index in [0.29, 0.717) is 4.57 Å². The Balaban J connectivity index is 2.18. The molecule has 2 aromatic heterocycles. The molecule has 0 amide bonds.